The molecule has 20 heavy (non-hydrogen) atoms. The van der Waals surface area contributed by atoms with Gasteiger partial charge in [-0.05, 0) is 30.5 Å². The van der Waals surface area contributed by atoms with Crippen LogP contribution in [0.15, 0.2) is 36.7 Å². The fourth-order valence-electron chi connectivity index (χ4n) is 1.82. The summed E-state index contributed by atoms with van der Waals surface area (Å²) in [6.45, 7) is 2.11. The molecule has 1 aromatic carbocycles. The summed E-state index contributed by atoms with van der Waals surface area (Å²) < 4.78 is 37.4. The van der Waals surface area contributed by atoms with Crippen LogP contribution in [-0.4, -0.2) is 9.97 Å². The van der Waals surface area contributed by atoms with E-state index in [2.05, 4.69) is 16.9 Å². The van der Waals surface area contributed by atoms with E-state index in [1.807, 2.05) is 0 Å². The third-order valence-corrected chi connectivity index (χ3v) is 2.99. The van der Waals surface area contributed by atoms with Crippen molar-refractivity contribution in [2.24, 2.45) is 0 Å². The molecule has 0 saturated carbocycles. The summed E-state index contributed by atoms with van der Waals surface area (Å²) in [4.78, 5) is 8.40. The van der Waals surface area contributed by atoms with Gasteiger partial charge in [-0.3, -0.25) is 0 Å². The van der Waals surface area contributed by atoms with Crippen LogP contribution in [0.4, 0.5) is 13.2 Å². The first kappa shape index (κ1) is 14.5. The smallest absolute Gasteiger partial charge is 0.236 e. The van der Waals surface area contributed by atoms with E-state index in [1.54, 1.807) is 12.4 Å². The Hall–Kier alpha value is -1.91. The van der Waals surface area contributed by atoms with Crippen LogP contribution in [-0.2, 0) is 12.6 Å². The summed E-state index contributed by atoms with van der Waals surface area (Å²) in [6.07, 6.45) is 2.24. The summed E-state index contributed by atoms with van der Waals surface area (Å²) in [6, 6.07) is 4.88. The molecule has 2 rings (SSSR count). The lowest BCUT2D eigenvalue weighted by molar-refractivity contribution is -0.137. The largest absolute Gasteiger partial charge is 0.416 e. The van der Waals surface area contributed by atoms with Crippen LogP contribution in [0.2, 0.25) is 0 Å². The molecule has 0 bridgehead atoms. The number of halogens is 3. The third kappa shape index (κ3) is 3.56. The van der Waals surface area contributed by atoms with Crippen LogP contribution in [0.1, 0.15) is 30.9 Å². The van der Waals surface area contributed by atoms with E-state index in [-0.39, 0.29) is 0 Å². The molecule has 0 aliphatic heterocycles. The van der Waals surface area contributed by atoms with Crippen molar-refractivity contribution >= 4 is 0 Å². The van der Waals surface area contributed by atoms with Crippen molar-refractivity contribution in [3.8, 4) is 11.4 Å². The molecule has 2 nitrogen and oxygen atoms in total. The van der Waals surface area contributed by atoms with Crippen molar-refractivity contribution in [3.63, 3.8) is 0 Å². The number of aryl methyl sites for hydroxylation is 1. The van der Waals surface area contributed by atoms with Gasteiger partial charge in [-0.25, -0.2) is 9.97 Å². The maximum absolute atomic E-state index is 12.5. The lowest BCUT2D eigenvalue weighted by atomic mass is 10.1. The third-order valence-electron chi connectivity index (χ3n) is 2.99. The number of nitrogens with zero attached hydrogens (tertiary/aromatic N) is 2. The monoisotopic (exact) mass is 280 g/mol. The zero-order valence-electron chi connectivity index (χ0n) is 11.1. The van der Waals surface area contributed by atoms with Gasteiger partial charge in [0.2, 0.25) is 0 Å². The lowest BCUT2D eigenvalue weighted by Gasteiger charge is -2.07. The maximum Gasteiger partial charge on any atom is 0.416 e. The van der Waals surface area contributed by atoms with Crippen LogP contribution < -0.4 is 0 Å². The number of rotatable bonds is 4. The fraction of sp³-hybridized carbons (Fsp3) is 0.333. The predicted molar refractivity (Wildman–Crippen MR) is 71.1 cm³/mol. The minimum absolute atomic E-state index is 0.443. The molecule has 0 aliphatic rings. The highest BCUT2D eigenvalue weighted by Gasteiger charge is 2.30. The van der Waals surface area contributed by atoms with Crippen LogP contribution in [0.3, 0.4) is 0 Å². The van der Waals surface area contributed by atoms with Gasteiger partial charge in [-0.1, -0.05) is 25.5 Å². The van der Waals surface area contributed by atoms with E-state index in [4.69, 9.17) is 0 Å². The molecule has 1 heterocycles. The molecule has 0 N–H and O–H groups in total. The molecule has 5 heteroatoms. The van der Waals surface area contributed by atoms with Crippen LogP contribution >= 0.6 is 0 Å². The molecule has 0 aliphatic carbocycles. The van der Waals surface area contributed by atoms with E-state index in [0.717, 1.165) is 37.0 Å². The van der Waals surface area contributed by atoms with Crippen LogP contribution in [0, 0.1) is 0 Å². The number of benzene rings is 1. The second kappa shape index (κ2) is 6.03. The first-order valence-electron chi connectivity index (χ1n) is 6.49. The van der Waals surface area contributed by atoms with Crippen molar-refractivity contribution in [1.29, 1.82) is 0 Å². The van der Waals surface area contributed by atoms with Crippen LogP contribution in [0.25, 0.3) is 11.4 Å². The SMILES string of the molecule is CCCCc1cnc(-c2ccc(C(F)(F)F)cc2)nc1. The number of hydrogen-bond donors (Lipinski definition) is 0. The van der Waals surface area contributed by atoms with Crippen LogP contribution in [0.5, 0.6) is 0 Å². The number of hydrogen-bond acceptors (Lipinski definition) is 2. The molecule has 2 aromatic rings. The molecule has 0 spiro atoms. The topological polar surface area (TPSA) is 25.8 Å². The molecule has 0 amide bonds. The molecule has 0 unspecified atom stereocenters. The Morgan fingerprint density at radius 3 is 2.10 bits per heavy atom. The normalized spacial score (nSPS) is 11.6. The highest BCUT2D eigenvalue weighted by molar-refractivity contribution is 5.55. The van der Waals surface area contributed by atoms with Crippen molar-refractivity contribution < 1.29 is 13.2 Å². The van der Waals surface area contributed by atoms with Gasteiger partial charge in [0.05, 0.1) is 5.56 Å². The number of alkyl halides is 3. The molecule has 0 atom stereocenters. The Kier molecular flexibility index (Phi) is 4.37. The summed E-state index contributed by atoms with van der Waals surface area (Å²) in [5, 5.41) is 0. The average Bonchev–Trinajstić information content (AvgIpc) is 2.45. The molecule has 1 aromatic heterocycles. The Morgan fingerprint density at radius 2 is 1.60 bits per heavy atom. The van der Waals surface area contributed by atoms with Crippen molar-refractivity contribution in [3.05, 3.63) is 47.8 Å². The minimum atomic E-state index is -4.32. The fourth-order valence-corrected chi connectivity index (χ4v) is 1.82. The number of unbranched alkanes of at least 4 members (excludes halogenated alkanes) is 1. The highest BCUT2D eigenvalue weighted by atomic mass is 19.4. The zero-order chi connectivity index (χ0) is 14.6. The van der Waals surface area contributed by atoms with E-state index >= 15 is 0 Å². The van der Waals surface area contributed by atoms with E-state index < -0.39 is 11.7 Å². The second-order valence-corrected chi connectivity index (χ2v) is 4.59. The molecule has 0 saturated heterocycles. The summed E-state index contributed by atoms with van der Waals surface area (Å²) >= 11 is 0. The molecular weight excluding hydrogens is 265 g/mol. The average molecular weight is 280 g/mol. The van der Waals surface area contributed by atoms with Gasteiger partial charge in [0, 0.05) is 18.0 Å². The first-order chi connectivity index (χ1) is 9.50. The van der Waals surface area contributed by atoms with Crippen molar-refractivity contribution in [1.82, 2.24) is 9.97 Å². The van der Waals surface area contributed by atoms with Gasteiger partial charge in [0.25, 0.3) is 0 Å². The van der Waals surface area contributed by atoms with E-state index in [9.17, 15) is 13.2 Å². The zero-order valence-corrected chi connectivity index (χ0v) is 11.1. The Balaban J connectivity index is 2.15. The highest BCUT2D eigenvalue weighted by Crippen LogP contribution is 2.30. The molecular formula is C15H15F3N2. The van der Waals surface area contributed by atoms with Crippen molar-refractivity contribution in [2.75, 3.05) is 0 Å². The van der Waals surface area contributed by atoms with E-state index in [1.165, 1.54) is 12.1 Å². The number of aromatic nitrogens is 2. The Bertz CT molecular complexity index is 545. The van der Waals surface area contributed by atoms with Gasteiger partial charge in [0.1, 0.15) is 0 Å². The van der Waals surface area contributed by atoms with Crippen molar-refractivity contribution in [2.45, 2.75) is 32.4 Å². The summed E-state index contributed by atoms with van der Waals surface area (Å²) in [5.41, 5.74) is 0.961. The van der Waals surface area contributed by atoms with Gasteiger partial charge in [-0.15, -0.1) is 0 Å². The molecule has 0 radical (unpaired) electrons. The quantitative estimate of drug-likeness (QED) is 0.823. The van der Waals surface area contributed by atoms with E-state index in [0.29, 0.717) is 11.4 Å². The van der Waals surface area contributed by atoms with Gasteiger partial charge in [-0.2, -0.15) is 13.2 Å². The predicted octanol–water partition coefficient (Wildman–Crippen LogP) is 4.51. The van der Waals surface area contributed by atoms with Gasteiger partial charge >= 0.3 is 6.18 Å². The molecule has 106 valence electrons. The van der Waals surface area contributed by atoms with Gasteiger partial charge in [0.15, 0.2) is 5.82 Å². The Morgan fingerprint density at radius 1 is 1.00 bits per heavy atom. The maximum atomic E-state index is 12.5. The minimum Gasteiger partial charge on any atom is -0.236 e. The van der Waals surface area contributed by atoms with Gasteiger partial charge < -0.3 is 0 Å². The lowest BCUT2D eigenvalue weighted by Crippen LogP contribution is -2.04. The Labute approximate surface area is 115 Å². The second-order valence-electron chi connectivity index (χ2n) is 4.59. The molecule has 0 fully saturated rings. The first-order valence-corrected chi connectivity index (χ1v) is 6.49. The summed E-state index contributed by atoms with van der Waals surface area (Å²) in [7, 11) is 0. The summed E-state index contributed by atoms with van der Waals surface area (Å²) in [5.74, 6) is 0.443. The standard InChI is InChI=1S/C15H15F3N2/c1-2-3-4-11-9-19-14(20-10-11)12-5-7-13(8-6-12)15(16,17)18/h5-10H,2-4H2,1H3.